The SMILES string of the molecule is CC(Nc1ccc(F)c(C2(C)N=C(N)OCC2(F)F)c1)c1cc(C2CC2)on1. The molecule has 1 saturated carbocycles. The van der Waals surface area contributed by atoms with Crippen LogP contribution in [0.1, 0.15) is 55.7 Å². The van der Waals surface area contributed by atoms with Crippen molar-refractivity contribution >= 4 is 11.7 Å². The second-order valence-corrected chi connectivity index (χ2v) is 7.50. The van der Waals surface area contributed by atoms with Gasteiger partial charge in [-0.25, -0.2) is 9.38 Å². The molecule has 2 aliphatic rings. The molecule has 0 bridgehead atoms. The Bertz CT molecular complexity index is 926. The van der Waals surface area contributed by atoms with Gasteiger partial charge in [-0.05, 0) is 44.9 Å². The van der Waals surface area contributed by atoms with Crippen LogP contribution in [-0.4, -0.2) is 23.7 Å². The molecule has 1 aromatic heterocycles. The number of rotatable bonds is 5. The smallest absolute Gasteiger partial charge is 0.310 e. The maximum atomic E-state index is 14.5. The fourth-order valence-corrected chi connectivity index (χ4v) is 3.28. The van der Waals surface area contributed by atoms with E-state index >= 15 is 0 Å². The molecule has 2 unspecified atom stereocenters. The number of nitrogens with two attached hydrogens (primary N) is 1. The maximum absolute atomic E-state index is 14.5. The standard InChI is InChI=1S/C19H21F3N4O2/c1-10(15-8-16(28-26-15)11-3-4-11)24-12-5-6-14(20)13(7-12)18(2)19(21,22)9-27-17(23)25-18/h5-8,10-11,24H,3-4,9H2,1-2H3,(H2,23,25). The van der Waals surface area contributed by atoms with E-state index in [1.807, 2.05) is 13.0 Å². The normalized spacial score (nSPS) is 25.0. The highest BCUT2D eigenvalue weighted by molar-refractivity contribution is 5.73. The van der Waals surface area contributed by atoms with Crippen molar-refractivity contribution in [2.75, 3.05) is 11.9 Å². The van der Waals surface area contributed by atoms with E-state index in [0.717, 1.165) is 31.6 Å². The number of nitrogens with one attached hydrogen (secondary N) is 1. The van der Waals surface area contributed by atoms with Gasteiger partial charge in [0.1, 0.15) is 17.3 Å². The molecule has 1 aliphatic carbocycles. The lowest BCUT2D eigenvalue weighted by atomic mass is 9.85. The fourth-order valence-electron chi connectivity index (χ4n) is 3.28. The minimum atomic E-state index is -3.42. The predicted octanol–water partition coefficient (Wildman–Crippen LogP) is 4.06. The number of nitrogens with zero attached hydrogens (tertiary/aromatic N) is 2. The molecular formula is C19H21F3N4O2. The van der Waals surface area contributed by atoms with E-state index in [9.17, 15) is 13.2 Å². The molecule has 28 heavy (non-hydrogen) atoms. The number of ether oxygens (including phenoxy) is 1. The van der Waals surface area contributed by atoms with Gasteiger partial charge in [0.05, 0.1) is 6.04 Å². The first-order valence-electron chi connectivity index (χ1n) is 9.08. The van der Waals surface area contributed by atoms with Crippen molar-refractivity contribution in [3.05, 3.63) is 47.1 Å². The Balaban J connectivity index is 1.62. The Labute approximate surface area is 159 Å². The van der Waals surface area contributed by atoms with E-state index < -0.39 is 29.9 Å². The summed E-state index contributed by atoms with van der Waals surface area (Å²) in [5.41, 5.74) is 4.19. The van der Waals surface area contributed by atoms with Crippen LogP contribution in [0.5, 0.6) is 0 Å². The molecule has 1 fully saturated rings. The topological polar surface area (TPSA) is 85.7 Å². The fraction of sp³-hybridized carbons (Fsp3) is 0.474. The van der Waals surface area contributed by atoms with E-state index in [1.54, 1.807) is 0 Å². The summed E-state index contributed by atoms with van der Waals surface area (Å²) in [7, 11) is 0. The molecule has 2 atom stereocenters. The maximum Gasteiger partial charge on any atom is 0.310 e. The molecule has 0 spiro atoms. The summed E-state index contributed by atoms with van der Waals surface area (Å²) in [5.74, 6) is -2.93. The van der Waals surface area contributed by atoms with Gasteiger partial charge in [-0.3, -0.25) is 0 Å². The van der Waals surface area contributed by atoms with Crippen LogP contribution in [0.25, 0.3) is 0 Å². The molecule has 2 aromatic rings. The van der Waals surface area contributed by atoms with Crippen LogP contribution in [0.3, 0.4) is 0 Å². The lowest BCUT2D eigenvalue weighted by Crippen LogP contribution is -2.51. The molecule has 3 N–H and O–H groups in total. The number of hydrogen-bond acceptors (Lipinski definition) is 6. The zero-order chi connectivity index (χ0) is 20.1. The number of hydrogen-bond donors (Lipinski definition) is 2. The quantitative estimate of drug-likeness (QED) is 0.799. The van der Waals surface area contributed by atoms with E-state index in [2.05, 4.69) is 20.2 Å². The van der Waals surface area contributed by atoms with Gasteiger partial charge in [0.15, 0.2) is 12.1 Å². The van der Waals surface area contributed by atoms with Crippen LogP contribution in [0.15, 0.2) is 33.8 Å². The Morgan fingerprint density at radius 2 is 2.04 bits per heavy atom. The Hall–Kier alpha value is -2.71. The average molecular weight is 394 g/mol. The number of halogens is 3. The number of amidine groups is 1. The third-order valence-corrected chi connectivity index (χ3v) is 5.29. The second-order valence-electron chi connectivity index (χ2n) is 7.50. The van der Waals surface area contributed by atoms with E-state index in [0.29, 0.717) is 17.3 Å². The van der Waals surface area contributed by atoms with Crippen molar-refractivity contribution in [3.63, 3.8) is 0 Å². The van der Waals surface area contributed by atoms with E-state index in [4.69, 9.17) is 10.3 Å². The molecule has 0 radical (unpaired) electrons. The molecule has 2 heterocycles. The minimum Gasteiger partial charge on any atom is -0.459 e. The highest BCUT2D eigenvalue weighted by Crippen LogP contribution is 2.45. The summed E-state index contributed by atoms with van der Waals surface area (Å²) < 4.78 is 53.6. The molecule has 0 saturated heterocycles. The lowest BCUT2D eigenvalue weighted by molar-refractivity contribution is -0.117. The van der Waals surface area contributed by atoms with Gasteiger partial charge in [-0.2, -0.15) is 8.78 Å². The molecule has 4 rings (SSSR count). The van der Waals surface area contributed by atoms with Gasteiger partial charge in [-0.15, -0.1) is 0 Å². The predicted molar refractivity (Wildman–Crippen MR) is 96.8 cm³/mol. The van der Waals surface area contributed by atoms with Gasteiger partial charge in [-0.1, -0.05) is 5.16 Å². The van der Waals surface area contributed by atoms with Gasteiger partial charge >= 0.3 is 5.92 Å². The van der Waals surface area contributed by atoms with Crippen molar-refractivity contribution < 1.29 is 22.4 Å². The third kappa shape index (κ3) is 3.18. The van der Waals surface area contributed by atoms with Crippen molar-refractivity contribution in [1.29, 1.82) is 0 Å². The summed E-state index contributed by atoms with van der Waals surface area (Å²) in [4.78, 5) is 3.73. The number of alkyl halides is 2. The first-order valence-corrected chi connectivity index (χ1v) is 9.08. The van der Waals surface area contributed by atoms with Crippen molar-refractivity contribution in [1.82, 2.24) is 5.16 Å². The third-order valence-electron chi connectivity index (χ3n) is 5.29. The summed E-state index contributed by atoms with van der Waals surface area (Å²) >= 11 is 0. The molecule has 0 amide bonds. The van der Waals surface area contributed by atoms with Crippen molar-refractivity contribution in [2.24, 2.45) is 10.7 Å². The van der Waals surface area contributed by atoms with Gasteiger partial charge in [0.2, 0.25) is 0 Å². The zero-order valence-electron chi connectivity index (χ0n) is 15.5. The molecule has 6 nitrogen and oxygen atoms in total. The van der Waals surface area contributed by atoms with Crippen molar-refractivity contribution in [3.8, 4) is 0 Å². The first kappa shape index (κ1) is 18.6. The van der Waals surface area contributed by atoms with Crippen LogP contribution >= 0.6 is 0 Å². The Morgan fingerprint density at radius 1 is 1.29 bits per heavy atom. The van der Waals surface area contributed by atoms with Gasteiger partial charge < -0.3 is 20.3 Å². The molecular weight excluding hydrogens is 373 g/mol. The van der Waals surface area contributed by atoms with Crippen LogP contribution in [0.4, 0.5) is 18.9 Å². The molecule has 1 aliphatic heterocycles. The number of anilines is 1. The summed E-state index contributed by atoms with van der Waals surface area (Å²) in [6, 6.07) is 5.17. The van der Waals surface area contributed by atoms with Gasteiger partial charge in [0.25, 0.3) is 6.02 Å². The van der Waals surface area contributed by atoms with Crippen LogP contribution in [-0.2, 0) is 10.3 Å². The Kier molecular flexibility index (Phi) is 4.28. The zero-order valence-corrected chi connectivity index (χ0v) is 15.5. The van der Waals surface area contributed by atoms with Crippen molar-refractivity contribution in [2.45, 2.75) is 50.1 Å². The second kappa shape index (κ2) is 6.42. The highest BCUT2D eigenvalue weighted by atomic mass is 19.3. The Morgan fingerprint density at radius 3 is 2.75 bits per heavy atom. The molecule has 1 aromatic carbocycles. The van der Waals surface area contributed by atoms with Crippen LogP contribution in [0.2, 0.25) is 0 Å². The average Bonchev–Trinajstić information content (AvgIpc) is 3.37. The summed E-state index contributed by atoms with van der Waals surface area (Å²) in [6.07, 6.45) is 2.19. The molecule has 150 valence electrons. The summed E-state index contributed by atoms with van der Waals surface area (Å²) in [6.45, 7) is 2.04. The largest absolute Gasteiger partial charge is 0.459 e. The van der Waals surface area contributed by atoms with Crippen LogP contribution < -0.4 is 11.1 Å². The number of benzene rings is 1. The first-order chi connectivity index (χ1) is 13.2. The number of aromatic nitrogens is 1. The van der Waals surface area contributed by atoms with Gasteiger partial charge in [0, 0.05) is 23.2 Å². The number of aliphatic imine (C=N–C) groups is 1. The highest BCUT2D eigenvalue weighted by Gasteiger charge is 2.56. The summed E-state index contributed by atoms with van der Waals surface area (Å²) in [5, 5.41) is 7.21. The molecule has 9 heteroatoms. The van der Waals surface area contributed by atoms with E-state index in [-0.39, 0.29) is 11.6 Å². The lowest BCUT2D eigenvalue weighted by Gasteiger charge is -2.37. The minimum absolute atomic E-state index is 0.258. The van der Waals surface area contributed by atoms with E-state index in [1.165, 1.54) is 12.1 Å². The van der Waals surface area contributed by atoms with Crippen LogP contribution in [0, 0.1) is 5.82 Å². The monoisotopic (exact) mass is 394 g/mol.